The molecule has 0 amide bonds. The van der Waals surface area contributed by atoms with Crippen molar-refractivity contribution < 1.29 is 9.53 Å². The van der Waals surface area contributed by atoms with Crippen molar-refractivity contribution in [3.63, 3.8) is 0 Å². The Morgan fingerprint density at radius 2 is 2.37 bits per heavy atom. The van der Waals surface area contributed by atoms with Crippen LogP contribution in [-0.4, -0.2) is 44.2 Å². The Balaban J connectivity index is 2.04. The third-order valence-electron chi connectivity index (χ3n) is 3.67. The molecule has 1 aliphatic heterocycles. The van der Waals surface area contributed by atoms with Gasteiger partial charge in [0, 0.05) is 12.6 Å². The van der Waals surface area contributed by atoms with Crippen LogP contribution in [0.2, 0.25) is 0 Å². The van der Waals surface area contributed by atoms with E-state index in [1.165, 1.54) is 20.0 Å². The minimum absolute atomic E-state index is 0.346. The molecule has 0 saturated carbocycles. The fourth-order valence-corrected chi connectivity index (χ4v) is 2.42. The molecule has 0 aromatic heterocycles. The molecule has 0 aliphatic carbocycles. The van der Waals surface area contributed by atoms with E-state index in [0.29, 0.717) is 17.3 Å². The second-order valence-corrected chi connectivity index (χ2v) is 4.95. The van der Waals surface area contributed by atoms with Gasteiger partial charge in [-0.05, 0) is 44.6 Å². The van der Waals surface area contributed by atoms with Gasteiger partial charge < -0.3 is 20.7 Å². The van der Waals surface area contributed by atoms with Gasteiger partial charge in [0.15, 0.2) is 0 Å². The summed E-state index contributed by atoms with van der Waals surface area (Å²) in [5, 5.41) is 3.33. The first-order chi connectivity index (χ1) is 9.11. The Bertz CT molecular complexity index is 462. The number of carbonyl (C=O) groups excluding carboxylic acids is 1. The first-order valence-corrected chi connectivity index (χ1v) is 6.53. The molecule has 5 heteroatoms. The van der Waals surface area contributed by atoms with Crippen LogP contribution in [0.4, 0.5) is 11.4 Å². The van der Waals surface area contributed by atoms with E-state index in [4.69, 9.17) is 10.5 Å². The van der Waals surface area contributed by atoms with E-state index >= 15 is 0 Å². The second kappa shape index (κ2) is 5.93. The number of carbonyl (C=O) groups is 1. The fourth-order valence-electron chi connectivity index (χ4n) is 2.42. The minimum atomic E-state index is -0.346. The maximum atomic E-state index is 11.5. The third-order valence-corrected chi connectivity index (χ3v) is 3.67. The Hall–Kier alpha value is -1.75. The number of hydrogen-bond donors (Lipinski definition) is 2. The molecule has 1 heterocycles. The first kappa shape index (κ1) is 13.7. The number of anilines is 2. The van der Waals surface area contributed by atoms with Gasteiger partial charge in [0.05, 0.1) is 24.0 Å². The number of rotatable bonds is 4. The molecule has 5 nitrogen and oxygen atoms in total. The zero-order chi connectivity index (χ0) is 13.8. The number of likely N-dealkylation sites (tertiary alicyclic amines) is 1. The molecular formula is C14H21N3O2. The molecule has 19 heavy (non-hydrogen) atoms. The fraction of sp³-hybridized carbons (Fsp3) is 0.500. The molecule has 1 aromatic carbocycles. The highest BCUT2D eigenvalue weighted by Crippen LogP contribution is 2.22. The van der Waals surface area contributed by atoms with Crippen LogP contribution in [-0.2, 0) is 4.74 Å². The lowest BCUT2D eigenvalue weighted by atomic mass is 10.1. The van der Waals surface area contributed by atoms with Crippen molar-refractivity contribution in [1.82, 2.24) is 4.90 Å². The summed E-state index contributed by atoms with van der Waals surface area (Å²) >= 11 is 0. The van der Waals surface area contributed by atoms with Gasteiger partial charge >= 0.3 is 5.97 Å². The van der Waals surface area contributed by atoms with E-state index in [9.17, 15) is 4.79 Å². The number of nitrogens with one attached hydrogen (secondary N) is 1. The topological polar surface area (TPSA) is 67.6 Å². The normalized spacial score (nSPS) is 19.4. The van der Waals surface area contributed by atoms with Gasteiger partial charge in [-0.3, -0.25) is 0 Å². The Morgan fingerprint density at radius 3 is 3.00 bits per heavy atom. The molecular weight excluding hydrogens is 242 g/mol. The van der Waals surface area contributed by atoms with Gasteiger partial charge in [-0.2, -0.15) is 0 Å². The van der Waals surface area contributed by atoms with Crippen molar-refractivity contribution in [2.24, 2.45) is 0 Å². The lowest BCUT2D eigenvalue weighted by molar-refractivity contribution is 0.0601. The Kier molecular flexibility index (Phi) is 4.27. The van der Waals surface area contributed by atoms with Crippen molar-refractivity contribution in [2.75, 3.05) is 38.3 Å². The van der Waals surface area contributed by atoms with Crippen LogP contribution in [0, 0.1) is 0 Å². The van der Waals surface area contributed by atoms with E-state index in [0.717, 1.165) is 18.8 Å². The molecule has 2 rings (SSSR count). The third kappa shape index (κ3) is 3.17. The smallest absolute Gasteiger partial charge is 0.337 e. The zero-order valence-corrected chi connectivity index (χ0v) is 11.5. The number of ether oxygens (including phenoxy) is 1. The summed E-state index contributed by atoms with van der Waals surface area (Å²) in [4.78, 5) is 13.8. The number of hydrogen-bond acceptors (Lipinski definition) is 5. The van der Waals surface area contributed by atoms with Gasteiger partial charge in [-0.1, -0.05) is 0 Å². The van der Waals surface area contributed by atoms with Crippen LogP contribution < -0.4 is 11.1 Å². The molecule has 1 atom stereocenters. The summed E-state index contributed by atoms with van der Waals surface area (Å²) < 4.78 is 4.71. The molecule has 0 bridgehead atoms. The average molecular weight is 263 g/mol. The molecule has 1 unspecified atom stereocenters. The molecule has 0 radical (unpaired) electrons. The molecule has 1 aliphatic rings. The largest absolute Gasteiger partial charge is 0.465 e. The van der Waals surface area contributed by atoms with Crippen LogP contribution in [0.15, 0.2) is 18.2 Å². The monoisotopic (exact) mass is 263 g/mol. The van der Waals surface area contributed by atoms with Crippen LogP contribution in [0.5, 0.6) is 0 Å². The van der Waals surface area contributed by atoms with Gasteiger partial charge in [0.25, 0.3) is 0 Å². The summed E-state index contributed by atoms with van der Waals surface area (Å²) in [6, 6.07) is 5.68. The van der Waals surface area contributed by atoms with E-state index in [1.54, 1.807) is 18.2 Å². The molecule has 1 fully saturated rings. The van der Waals surface area contributed by atoms with Gasteiger partial charge in [0.2, 0.25) is 0 Å². The van der Waals surface area contributed by atoms with Crippen molar-refractivity contribution in [3.8, 4) is 0 Å². The number of nitrogens with two attached hydrogens (primary N) is 1. The quantitative estimate of drug-likeness (QED) is 0.637. The summed E-state index contributed by atoms with van der Waals surface area (Å²) in [5.74, 6) is -0.346. The highest BCUT2D eigenvalue weighted by atomic mass is 16.5. The van der Waals surface area contributed by atoms with Gasteiger partial charge in [-0.25, -0.2) is 4.79 Å². The number of esters is 1. The molecule has 3 N–H and O–H groups in total. The lowest BCUT2D eigenvalue weighted by Crippen LogP contribution is -2.31. The van der Waals surface area contributed by atoms with Crippen molar-refractivity contribution in [1.29, 1.82) is 0 Å². The predicted molar refractivity (Wildman–Crippen MR) is 76.3 cm³/mol. The van der Waals surface area contributed by atoms with Gasteiger partial charge in [-0.15, -0.1) is 0 Å². The Morgan fingerprint density at radius 1 is 1.58 bits per heavy atom. The van der Waals surface area contributed by atoms with E-state index in [1.807, 2.05) is 0 Å². The second-order valence-electron chi connectivity index (χ2n) is 4.95. The van der Waals surface area contributed by atoms with Gasteiger partial charge in [0.1, 0.15) is 0 Å². The molecule has 0 spiro atoms. The number of nitrogens with zero attached hydrogens (tertiary/aromatic N) is 1. The van der Waals surface area contributed by atoms with Crippen molar-refractivity contribution in [3.05, 3.63) is 23.8 Å². The number of nitrogen functional groups attached to an aromatic ring is 1. The van der Waals surface area contributed by atoms with Crippen molar-refractivity contribution in [2.45, 2.75) is 18.9 Å². The highest BCUT2D eigenvalue weighted by Gasteiger charge is 2.20. The summed E-state index contributed by atoms with van der Waals surface area (Å²) in [6.45, 7) is 1.98. The maximum absolute atomic E-state index is 11.5. The predicted octanol–water partition coefficient (Wildman–Crippen LogP) is 1.56. The summed E-state index contributed by atoms with van der Waals surface area (Å²) in [7, 11) is 3.51. The molecule has 1 aromatic rings. The van der Waals surface area contributed by atoms with Crippen LogP contribution in [0.3, 0.4) is 0 Å². The summed E-state index contributed by atoms with van der Waals surface area (Å²) in [6.07, 6.45) is 2.43. The van der Waals surface area contributed by atoms with E-state index in [-0.39, 0.29) is 5.97 Å². The number of methoxy groups -OCH3 is 1. The standard InChI is InChI=1S/C14H21N3O2/c1-17-7-3-4-11(17)9-16-13-8-10(14(18)19-2)5-6-12(13)15/h5-6,8,11,16H,3-4,7,9,15H2,1-2H3. The van der Waals surface area contributed by atoms with Crippen molar-refractivity contribution >= 4 is 17.3 Å². The summed E-state index contributed by atoms with van der Waals surface area (Å²) in [5.41, 5.74) is 7.88. The highest BCUT2D eigenvalue weighted by molar-refractivity contribution is 5.91. The van der Waals surface area contributed by atoms with Crippen LogP contribution >= 0.6 is 0 Å². The van der Waals surface area contributed by atoms with Crippen LogP contribution in [0.25, 0.3) is 0 Å². The van der Waals surface area contributed by atoms with E-state index < -0.39 is 0 Å². The van der Waals surface area contributed by atoms with Crippen LogP contribution in [0.1, 0.15) is 23.2 Å². The number of benzene rings is 1. The maximum Gasteiger partial charge on any atom is 0.337 e. The Labute approximate surface area is 113 Å². The lowest BCUT2D eigenvalue weighted by Gasteiger charge is -2.21. The average Bonchev–Trinajstić information content (AvgIpc) is 2.82. The number of likely N-dealkylation sites (N-methyl/N-ethyl adjacent to an activating group) is 1. The molecule has 104 valence electrons. The zero-order valence-electron chi connectivity index (χ0n) is 11.5. The minimum Gasteiger partial charge on any atom is -0.465 e. The first-order valence-electron chi connectivity index (χ1n) is 6.53. The van der Waals surface area contributed by atoms with E-state index in [2.05, 4.69) is 17.3 Å². The molecule has 1 saturated heterocycles. The SMILES string of the molecule is COC(=O)c1ccc(N)c(NCC2CCCN2C)c1.